The van der Waals surface area contributed by atoms with Gasteiger partial charge in [0.05, 0.1) is 11.7 Å². The molecule has 76 valence electrons. The molecule has 1 unspecified atom stereocenters. The summed E-state index contributed by atoms with van der Waals surface area (Å²) in [5.74, 6) is 2.01. The van der Waals surface area contributed by atoms with E-state index in [0.717, 1.165) is 18.2 Å². The maximum atomic E-state index is 5.82. The van der Waals surface area contributed by atoms with E-state index in [1.807, 2.05) is 0 Å². The Bertz CT molecular complexity index is 329. The predicted molar refractivity (Wildman–Crippen MR) is 56.2 cm³/mol. The van der Waals surface area contributed by atoms with Crippen LogP contribution in [0.4, 0.5) is 5.82 Å². The number of piperidine rings is 3. The van der Waals surface area contributed by atoms with Crippen LogP contribution in [0.15, 0.2) is 0 Å². The van der Waals surface area contributed by atoms with Gasteiger partial charge in [0.15, 0.2) is 5.82 Å². The van der Waals surface area contributed by atoms with Crippen molar-refractivity contribution in [3.05, 3.63) is 5.69 Å². The molecule has 0 aromatic carbocycles. The van der Waals surface area contributed by atoms with Gasteiger partial charge >= 0.3 is 0 Å². The molecule has 1 aromatic heterocycles. The lowest BCUT2D eigenvalue weighted by Crippen LogP contribution is -2.46. The van der Waals surface area contributed by atoms with Crippen LogP contribution in [0.3, 0.4) is 0 Å². The summed E-state index contributed by atoms with van der Waals surface area (Å²) in [5.41, 5.74) is 6.88. The molecule has 2 bridgehead atoms. The zero-order chi connectivity index (χ0) is 9.54. The van der Waals surface area contributed by atoms with Gasteiger partial charge in [0.25, 0.3) is 0 Å². The SMILES string of the molecule is Nc1nsnc1C1CN2CCC1CC2. The number of hydrogen-bond donors (Lipinski definition) is 1. The molecule has 1 aromatic rings. The Labute approximate surface area is 87.4 Å². The summed E-state index contributed by atoms with van der Waals surface area (Å²) < 4.78 is 8.40. The molecule has 3 fully saturated rings. The van der Waals surface area contributed by atoms with Crippen LogP contribution < -0.4 is 5.73 Å². The zero-order valence-electron chi connectivity index (χ0n) is 8.02. The Balaban J connectivity index is 1.89. The molecule has 0 spiro atoms. The van der Waals surface area contributed by atoms with Crippen molar-refractivity contribution in [1.29, 1.82) is 0 Å². The van der Waals surface area contributed by atoms with E-state index in [1.54, 1.807) is 0 Å². The molecule has 2 N–H and O–H groups in total. The molecule has 4 heterocycles. The number of nitrogens with two attached hydrogens (primary N) is 1. The molecule has 1 atom stereocenters. The molecule has 5 heteroatoms. The first-order chi connectivity index (χ1) is 6.84. The predicted octanol–water partition coefficient (Wildman–Crippen LogP) is 0.929. The van der Waals surface area contributed by atoms with Gasteiger partial charge in [-0.25, -0.2) is 0 Å². The molecule has 14 heavy (non-hydrogen) atoms. The van der Waals surface area contributed by atoms with E-state index in [2.05, 4.69) is 13.6 Å². The second-order valence-corrected chi connectivity index (χ2v) is 4.81. The fourth-order valence-electron chi connectivity index (χ4n) is 2.73. The number of nitrogens with zero attached hydrogens (tertiary/aromatic N) is 3. The topological polar surface area (TPSA) is 55.0 Å². The normalized spacial score (nSPS) is 36.1. The molecule has 0 radical (unpaired) electrons. The highest BCUT2D eigenvalue weighted by Crippen LogP contribution is 2.39. The Kier molecular flexibility index (Phi) is 1.95. The number of aromatic nitrogens is 2. The lowest BCUT2D eigenvalue weighted by Gasteiger charge is -2.44. The maximum Gasteiger partial charge on any atom is 0.161 e. The highest BCUT2D eigenvalue weighted by Gasteiger charge is 2.37. The third kappa shape index (κ3) is 1.23. The summed E-state index contributed by atoms with van der Waals surface area (Å²) in [6, 6.07) is 0. The van der Waals surface area contributed by atoms with Crippen LogP contribution >= 0.6 is 11.7 Å². The molecule has 0 aliphatic carbocycles. The average molecular weight is 210 g/mol. The van der Waals surface area contributed by atoms with Crippen molar-refractivity contribution in [2.24, 2.45) is 5.92 Å². The third-order valence-corrected chi connectivity index (χ3v) is 4.10. The molecule has 3 aliphatic rings. The van der Waals surface area contributed by atoms with Crippen molar-refractivity contribution in [2.45, 2.75) is 18.8 Å². The zero-order valence-corrected chi connectivity index (χ0v) is 8.83. The van der Waals surface area contributed by atoms with Gasteiger partial charge in [0, 0.05) is 12.5 Å². The Morgan fingerprint density at radius 3 is 2.57 bits per heavy atom. The quantitative estimate of drug-likeness (QED) is 0.749. The van der Waals surface area contributed by atoms with Crippen molar-refractivity contribution in [2.75, 3.05) is 25.4 Å². The lowest BCUT2D eigenvalue weighted by molar-refractivity contribution is 0.0860. The molecule has 0 saturated carbocycles. The van der Waals surface area contributed by atoms with Gasteiger partial charge < -0.3 is 10.6 Å². The van der Waals surface area contributed by atoms with Gasteiger partial charge in [-0.15, -0.1) is 0 Å². The summed E-state index contributed by atoms with van der Waals surface area (Å²) in [6.45, 7) is 3.66. The van der Waals surface area contributed by atoms with E-state index >= 15 is 0 Å². The minimum Gasteiger partial charge on any atom is -0.381 e. The van der Waals surface area contributed by atoms with Crippen molar-refractivity contribution in [1.82, 2.24) is 13.6 Å². The van der Waals surface area contributed by atoms with E-state index < -0.39 is 0 Å². The standard InChI is InChI=1S/C9H14N4S/c10-9-8(11-14-12-9)7-5-13-3-1-6(7)2-4-13/h6-7H,1-5H2,(H2,10,12). The second-order valence-electron chi connectivity index (χ2n) is 4.28. The summed E-state index contributed by atoms with van der Waals surface area (Å²) in [4.78, 5) is 2.52. The Morgan fingerprint density at radius 1 is 1.29 bits per heavy atom. The average Bonchev–Trinajstić information content (AvgIpc) is 2.66. The van der Waals surface area contributed by atoms with Crippen molar-refractivity contribution in [3.8, 4) is 0 Å². The van der Waals surface area contributed by atoms with Gasteiger partial charge in [0.2, 0.25) is 0 Å². The highest BCUT2D eigenvalue weighted by molar-refractivity contribution is 6.99. The van der Waals surface area contributed by atoms with E-state index in [9.17, 15) is 0 Å². The summed E-state index contributed by atoms with van der Waals surface area (Å²) in [5, 5.41) is 0. The van der Waals surface area contributed by atoms with Crippen LogP contribution in [0.2, 0.25) is 0 Å². The van der Waals surface area contributed by atoms with Gasteiger partial charge in [-0.2, -0.15) is 8.75 Å². The minimum atomic E-state index is 0.552. The maximum absolute atomic E-state index is 5.82. The lowest BCUT2D eigenvalue weighted by atomic mass is 9.77. The molecule has 4 rings (SSSR count). The monoisotopic (exact) mass is 210 g/mol. The molecule has 3 saturated heterocycles. The van der Waals surface area contributed by atoms with Crippen LogP contribution in [0.5, 0.6) is 0 Å². The number of fused-ring (bicyclic) bond motifs is 3. The highest BCUT2D eigenvalue weighted by atomic mass is 32.1. The number of nitrogen functional groups attached to an aromatic ring is 1. The smallest absolute Gasteiger partial charge is 0.161 e. The van der Waals surface area contributed by atoms with Crippen LogP contribution in [-0.4, -0.2) is 33.3 Å². The second kappa shape index (κ2) is 3.17. The van der Waals surface area contributed by atoms with Gasteiger partial charge in [0.1, 0.15) is 5.69 Å². The largest absolute Gasteiger partial charge is 0.381 e. The van der Waals surface area contributed by atoms with Crippen LogP contribution in [0.25, 0.3) is 0 Å². The van der Waals surface area contributed by atoms with Crippen molar-refractivity contribution < 1.29 is 0 Å². The van der Waals surface area contributed by atoms with Gasteiger partial charge in [-0.1, -0.05) is 0 Å². The summed E-state index contributed by atoms with van der Waals surface area (Å²) in [7, 11) is 0. The molecular weight excluding hydrogens is 196 g/mol. The Morgan fingerprint density at radius 2 is 2.07 bits per heavy atom. The van der Waals surface area contributed by atoms with Crippen molar-refractivity contribution in [3.63, 3.8) is 0 Å². The van der Waals surface area contributed by atoms with Gasteiger partial charge in [-0.05, 0) is 31.8 Å². The number of rotatable bonds is 1. The van der Waals surface area contributed by atoms with Crippen LogP contribution in [0, 0.1) is 5.92 Å². The van der Waals surface area contributed by atoms with E-state index in [0.29, 0.717) is 11.7 Å². The van der Waals surface area contributed by atoms with Crippen molar-refractivity contribution >= 4 is 17.5 Å². The third-order valence-electron chi connectivity index (χ3n) is 3.55. The molecule has 3 aliphatic heterocycles. The van der Waals surface area contributed by atoms with E-state index in [4.69, 9.17) is 5.73 Å². The molecular formula is C9H14N4S. The van der Waals surface area contributed by atoms with Crippen LogP contribution in [-0.2, 0) is 0 Å². The van der Waals surface area contributed by atoms with E-state index in [-0.39, 0.29) is 0 Å². The summed E-state index contributed by atoms with van der Waals surface area (Å²) in [6.07, 6.45) is 2.61. The van der Waals surface area contributed by atoms with E-state index in [1.165, 1.54) is 37.7 Å². The minimum absolute atomic E-state index is 0.552. The first-order valence-corrected chi connectivity index (χ1v) is 5.88. The first-order valence-electron chi connectivity index (χ1n) is 5.15. The summed E-state index contributed by atoms with van der Waals surface area (Å²) >= 11 is 1.24. The fourth-order valence-corrected chi connectivity index (χ4v) is 3.27. The first kappa shape index (κ1) is 8.61. The molecule has 0 amide bonds. The van der Waals surface area contributed by atoms with Gasteiger partial charge in [-0.3, -0.25) is 0 Å². The fraction of sp³-hybridized carbons (Fsp3) is 0.778. The Hall–Kier alpha value is -0.680. The number of anilines is 1. The van der Waals surface area contributed by atoms with Crippen LogP contribution in [0.1, 0.15) is 24.5 Å². The number of hydrogen-bond acceptors (Lipinski definition) is 5. The molecule has 4 nitrogen and oxygen atoms in total.